The third kappa shape index (κ3) is 4.42. The zero-order valence-corrected chi connectivity index (χ0v) is 11.3. The van der Waals surface area contributed by atoms with Gasteiger partial charge in [0.1, 0.15) is 5.75 Å². The first-order valence-electron chi connectivity index (χ1n) is 5.38. The molecule has 0 saturated heterocycles. The molecule has 7 nitrogen and oxygen atoms in total. The molecule has 2 N–H and O–H groups in total. The third-order valence-electron chi connectivity index (χ3n) is 2.50. The molecule has 1 aromatic rings. The highest BCUT2D eigenvalue weighted by Crippen LogP contribution is 2.24. The van der Waals surface area contributed by atoms with Crippen molar-refractivity contribution in [3.8, 4) is 0 Å². The Kier molecular flexibility index (Phi) is 5.13. The number of nitro groups is 1. The van der Waals surface area contributed by atoms with Crippen LogP contribution in [0.1, 0.15) is 24.1 Å². The van der Waals surface area contributed by atoms with Crippen LogP contribution in [0.15, 0.2) is 18.2 Å². The van der Waals surface area contributed by atoms with E-state index in [9.17, 15) is 19.5 Å². The third-order valence-corrected chi connectivity index (χ3v) is 3.22. The molecule has 2 unspecified atom stereocenters. The smallest absolute Gasteiger partial charge is 0.405 e. The van der Waals surface area contributed by atoms with Crippen molar-refractivity contribution >= 4 is 23.0 Å². The Balaban J connectivity index is 3.14. The molecule has 0 aromatic heterocycles. The van der Waals surface area contributed by atoms with Crippen LogP contribution in [0.4, 0.5) is 10.5 Å². The molecule has 0 aliphatic rings. The SMILES string of the molecule is CC(NC(=O)O)c1ccc([N+](=O)[O-])cc1C[S+](C)[O-]. The molecular weight excluding hydrogens is 272 g/mol. The van der Waals surface area contributed by atoms with E-state index in [1.807, 2.05) is 0 Å². The van der Waals surface area contributed by atoms with Gasteiger partial charge in [0, 0.05) is 17.7 Å². The number of nitrogens with one attached hydrogen (secondary N) is 1. The number of hydrogen-bond donors (Lipinski definition) is 2. The van der Waals surface area contributed by atoms with E-state index >= 15 is 0 Å². The quantitative estimate of drug-likeness (QED) is 0.486. The fourth-order valence-electron chi connectivity index (χ4n) is 1.74. The monoisotopic (exact) mass is 286 g/mol. The van der Waals surface area contributed by atoms with Gasteiger partial charge in [0.25, 0.3) is 5.69 Å². The number of carbonyl (C=O) groups is 1. The second-order valence-electron chi connectivity index (χ2n) is 4.03. The van der Waals surface area contributed by atoms with Gasteiger partial charge in [0.2, 0.25) is 0 Å². The van der Waals surface area contributed by atoms with Gasteiger partial charge in [-0.25, -0.2) is 4.79 Å². The molecule has 2 atom stereocenters. The fraction of sp³-hybridized carbons (Fsp3) is 0.364. The highest BCUT2D eigenvalue weighted by molar-refractivity contribution is 7.89. The van der Waals surface area contributed by atoms with E-state index < -0.39 is 28.2 Å². The van der Waals surface area contributed by atoms with E-state index in [0.717, 1.165) is 0 Å². The topological polar surface area (TPSA) is 116 Å². The Labute approximate surface area is 113 Å². The second-order valence-corrected chi connectivity index (χ2v) is 5.46. The lowest BCUT2D eigenvalue weighted by atomic mass is 10.0. The Bertz CT molecular complexity index is 492. The first kappa shape index (κ1) is 15.3. The molecule has 0 fully saturated rings. The van der Waals surface area contributed by atoms with Gasteiger partial charge in [-0.3, -0.25) is 10.1 Å². The van der Waals surface area contributed by atoms with Gasteiger partial charge in [0.05, 0.1) is 17.2 Å². The molecule has 104 valence electrons. The number of amides is 1. The second kappa shape index (κ2) is 6.39. The van der Waals surface area contributed by atoms with Gasteiger partial charge in [-0.2, -0.15) is 0 Å². The molecule has 0 saturated carbocycles. The van der Waals surface area contributed by atoms with Crippen molar-refractivity contribution in [3.05, 3.63) is 39.4 Å². The molecule has 0 radical (unpaired) electrons. The average molecular weight is 286 g/mol. The van der Waals surface area contributed by atoms with E-state index in [4.69, 9.17) is 5.11 Å². The molecule has 0 spiro atoms. The highest BCUT2D eigenvalue weighted by Gasteiger charge is 2.18. The lowest BCUT2D eigenvalue weighted by molar-refractivity contribution is -0.384. The Morgan fingerprint density at radius 2 is 2.21 bits per heavy atom. The van der Waals surface area contributed by atoms with Crippen LogP contribution in [0.5, 0.6) is 0 Å². The molecule has 1 rings (SSSR count). The molecule has 1 amide bonds. The van der Waals surface area contributed by atoms with Crippen LogP contribution >= 0.6 is 0 Å². The van der Waals surface area contributed by atoms with E-state index in [-0.39, 0.29) is 11.4 Å². The van der Waals surface area contributed by atoms with Gasteiger partial charge < -0.3 is 15.0 Å². The standard InChI is InChI=1S/C11H14N2O5S/c1-7(12-11(14)15)10-4-3-9(13(16)17)5-8(10)6-19(2)18/h3-5,7,12H,6H2,1-2H3,(H,14,15). The van der Waals surface area contributed by atoms with Gasteiger partial charge >= 0.3 is 6.09 Å². The molecule has 8 heteroatoms. The summed E-state index contributed by atoms with van der Waals surface area (Å²) < 4.78 is 11.3. The molecule has 1 aromatic carbocycles. The Hall–Kier alpha value is -1.80. The lowest BCUT2D eigenvalue weighted by Gasteiger charge is -2.16. The van der Waals surface area contributed by atoms with Crippen LogP contribution < -0.4 is 5.32 Å². The van der Waals surface area contributed by atoms with Crippen LogP contribution in [-0.4, -0.2) is 26.9 Å². The van der Waals surface area contributed by atoms with Crippen molar-refractivity contribution in [2.24, 2.45) is 0 Å². The number of non-ortho nitro benzene ring substituents is 1. The van der Waals surface area contributed by atoms with Crippen LogP contribution in [0.3, 0.4) is 0 Å². The maximum Gasteiger partial charge on any atom is 0.405 e. The summed E-state index contributed by atoms with van der Waals surface area (Å²) >= 11 is -1.18. The van der Waals surface area contributed by atoms with E-state index in [1.54, 1.807) is 6.92 Å². The van der Waals surface area contributed by atoms with Crippen LogP contribution in [-0.2, 0) is 16.9 Å². The first-order chi connectivity index (χ1) is 8.81. The number of nitro benzene ring substituents is 1. The number of hydrogen-bond acceptors (Lipinski definition) is 4. The molecule has 19 heavy (non-hydrogen) atoms. The summed E-state index contributed by atoms with van der Waals surface area (Å²) in [5.74, 6) is 0.142. The first-order valence-corrected chi connectivity index (χ1v) is 7.10. The fourth-order valence-corrected chi connectivity index (χ4v) is 2.42. The molecular formula is C11H14N2O5S. The predicted molar refractivity (Wildman–Crippen MR) is 70.4 cm³/mol. The zero-order chi connectivity index (χ0) is 14.6. The summed E-state index contributed by atoms with van der Waals surface area (Å²) in [6.07, 6.45) is 0.298. The summed E-state index contributed by atoms with van der Waals surface area (Å²) in [5.41, 5.74) is 0.992. The van der Waals surface area contributed by atoms with Crippen LogP contribution in [0.2, 0.25) is 0 Å². The number of carboxylic acid groups (broad SMARTS) is 1. The zero-order valence-electron chi connectivity index (χ0n) is 10.5. The van der Waals surface area contributed by atoms with Crippen LogP contribution in [0.25, 0.3) is 0 Å². The van der Waals surface area contributed by atoms with Crippen molar-refractivity contribution in [1.82, 2.24) is 5.32 Å². The number of nitrogens with zero attached hydrogens (tertiary/aromatic N) is 1. The van der Waals surface area contributed by atoms with Gasteiger partial charge in [-0.1, -0.05) is 11.2 Å². The number of rotatable bonds is 5. The molecule has 0 aliphatic heterocycles. The summed E-state index contributed by atoms with van der Waals surface area (Å²) in [5, 5.41) is 21.7. The minimum absolute atomic E-state index is 0.105. The molecule has 0 aliphatic carbocycles. The van der Waals surface area contributed by atoms with E-state index in [0.29, 0.717) is 11.1 Å². The highest BCUT2D eigenvalue weighted by atomic mass is 32.2. The van der Waals surface area contributed by atoms with Gasteiger partial charge in [-0.05, 0) is 18.6 Å². The maximum absolute atomic E-state index is 11.3. The Morgan fingerprint density at radius 1 is 1.58 bits per heavy atom. The van der Waals surface area contributed by atoms with Gasteiger partial charge in [0.15, 0.2) is 0 Å². The molecule has 0 heterocycles. The van der Waals surface area contributed by atoms with Crippen LogP contribution in [0, 0.1) is 10.1 Å². The molecule has 0 bridgehead atoms. The number of benzene rings is 1. The van der Waals surface area contributed by atoms with Crippen molar-refractivity contribution in [2.45, 2.75) is 18.7 Å². The maximum atomic E-state index is 11.3. The minimum Gasteiger partial charge on any atom is -0.616 e. The predicted octanol–water partition coefficient (Wildman–Crippen LogP) is 1.80. The van der Waals surface area contributed by atoms with E-state index in [2.05, 4.69) is 5.32 Å². The Morgan fingerprint density at radius 3 is 2.68 bits per heavy atom. The average Bonchev–Trinajstić information content (AvgIpc) is 2.26. The summed E-state index contributed by atoms with van der Waals surface area (Å²) in [6.45, 7) is 1.62. The minimum atomic E-state index is -1.19. The summed E-state index contributed by atoms with van der Waals surface area (Å²) in [4.78, 5) is 20.8. The lowest BCUT2D eigenvalue weighted by Crippen LogP contribution is -2.25. The largest absolute Gasteiger partial charge is 0.616 e. The summed E-state index contributed by atoms with van der Waals surface area (Å²) in [6, 6.07) is 3.59. The van der Waals surface area contributed by atoms with Crippen molar-refractivity contribution < 1.29 is 19.4 Å². The normalized spacial score (nSPS) is 13.6. The van der Waals surface area contributed by atoms with Gasteiger partial charge in [-0.15, -0.1) is 0 Å². The van der Waals surface area contributed by atoms with Crippen molar-refractivity contribution in [1.29, 1.82) is 0 Å². The van der Waals surface area contributed by atoms with E-state index in [1.165, 1.54) is 24.5 Å². The van der Waals surface area contributed by atoms with Crippen molar-refractivity contribution in [3.63, 3.8) is 0 Å². The summed E-state index contributed by atoms with van der Waals surface area (Å²) in [7, 11) is 0. The van der Waals surface area contributed by atoms with Crippen molar-refractivity contribution in [2.75, 3.05) is 6.26 Å².